The maximum absolute atomic E-state index is 8.65. The quantitative estimate of drug-likeness (QED) is 0.760. The van der Waals surface area contributed by atoms with Crippen molar-refractivity contribution in [1.29, 1.82) is 0 Å². The molecule has 78 valence electrons. The van der Waals surface area contributed by atoms with Crippen LogP contribution in [0.1, 0.15) is 26.6 Å². The van der Waals surface area contributed by atoms with Gasteiger partial charge in [-0.05, 0) is 6.07 Å². The van der Waals surface area contributed by atoms with Crippen molar-refractivity contribution in [3.05, 3.63) is 18.1 Å². The third-order valence-electron chi connectivity index (χ3n) is 1.74. The van der Waals surface area contributed by atoms with Gasteiger partial charge in [-0.1, -0.05) is 20.8 Å². The highest BCUT2D eigenvalue weighted by molar-refractivity contribution is 5.33. The number of aliphatic hydroxyl groups is 1. The summed E-state index contributed by atoms with van der Waals surface area (Å²) in [4.78, 5) is 8.55. The molecule has 2 N–H and O–H groups in total. The predicted molar refractivity (Wildman–Crippen MR) is 56.3 cm³/mol. The normalized spacial score (nSPS) is 11.4. The molecule has 0 aliphatic rings. The first-order chi connectivity index (χ1) is 6.54. The topological polar surface area (TPSA) is 58.0 Å². The maximum atomic E-state index is 8.65. The summed E-state index contributed by atoms with van der Waals surface area (Å²) in [6, 6.07) is 1.80. The van der Waals surface area contributed by atoms with Gasteiger partial charge in [-0.2, -0.15) is 0 Å². The SMILES string of the molecule is CC(C)(C)c1nccc(NCCO)n1. The van der Waals surface area contributed by atoms with Gasteiger partial charge in [0.2, 0.25) is 0 Å². The van der Waals surface area contributed by atoms with Gasteiger partial charge in [0.25, 0.3) is 0 Å². The standard InChI is InChI=1S/C10H17N3O/c1-10(2,3)9-12-5-4-8(13-9)11-6-7-14/h4-5,14H,6-7H2,1-3H3,(H,11,12,13). The molecule has 0 bridgehead atoms. The smallest absolute Gasteiger partial charge is 0.135 e. The lowest BCUT2D eigenvalue weighted by Gasteiger charge is -2.16. The van der Waals surface area contributed by atoms with Crippen LogP contribution in [-0.4, -0.2) is 28.2 Å². The van der Waals surface area contributed by atoms with E-state index in [2.05, 4.69) is 36.1 Å². The molecule has 0 radical (unpaired) electrons. The summed E-state index contributed by atoms with van der Waals surface area (Å²) in [5, 5.41) is 11.7. The van der Waals surface area contributed by atoms with Crippen molar-refractivity contribution >= 4 is 5.82 Å². The first-order valence-corrected chi connectivity index (χ1v) is 4.72. The summed E-state index contributed by atoms with van der Waals surface area (Å²) in [5.74, 6) is 1.57. The van der Waals surface area contributed by atoms with Crippen LogP contribution < -0.4 is 5.32 Å². The van der Waals surface area contributed by atoms with Gasteiger partial charge in [0.05, 0.1) is 6.61 Å². The van der Waals surface area contributed by atoms with Gasteiger partial charge in [-0.3, -0.25) is 0 Å². The van der Waals surface area contributed by atoms with Crippen LogP contribution in [0.15, 0.2) is 12.3 Å². The van der Waals surface area contributed by atoms with E-state index in [-0.39, 0.29) is 12.0 Å². The number of rotatable bonds is 3. The number of hydrogen-bond acceptors (Lipinski definition) is 4. The highest BCUT2D eigenvalue weighted by Gasteiger charge is 2.16. The second-order valence-corrected chi connectivity index (χ2v) is 4.17. The van der Waals surface area contributed by atoms with Crippen LogP contribution in [0.2, 0.25) is 0 Å². The fraction of sp³-hybridized carbons (Fsp3) is 0.600. The molecule has 0 atom stereocenters. The third-order valence-corrected chi connectivity index (χ3v) is 1.74. The van der Waals surface area contributed by atoms with Gasteiger partial charge < -0.3 is 10.4 Å². The molecule has 0 aromatic carbocycles. The molecule has 0 aliphatic heterocycles. The summed E-state index contributed by atoms with van der Waals surface area (Å²) in [5.41, 5.74) is -0.0447. The molecule has 0 fully saturated rings. The second-order valence-electron chi connectivity index (χ2n) is 4.17. The fourth-order valence-corrected chi connectivity index (χ4v) is 1.00. The van der Waals surface area contributed by atoms with E-state index in [1.165, 1.54) is 0 Å². The first-order valence-electron chi connectivity index (χ1n) is 4.72. The summed E-state index contributed by atoms with van der Waals surface area (Å²) in [7, 11) is 0. The minimum Gasteiger partial charge on any atom is -0.395 e. The van der Waals surface area contributed by atoms with Crippen LogP contribution in [-0.2, 0) is 5.41 Å². The maximum Gasteiger partial charge on any atom is 0.135 e. The van der Waals surface area contributed by atoms with Crippen molar-refractivity contribution in [2.75, 3.05) is 18.5 Å². The Bertz CT molecular complexity index is 294. The Labute approximate surface area is 84.4 Å². The Balaban J connectivity index is 2.79. The van der Waals surface area contributed by atoms with Crippen molar-refractivity contribution in [2.24, 2.45) is 0 Å². The van der Waals surface area contributed by atoms with Crippen molar-refractivity contribution in [3.8, 4) is 0 Å². The fourth-order valence-electron chi connectivity index (χ4n) is 1.00. The second kappa shape index (κ2) is 4.37. The zero-order valence-electron chi connectivity index (χ0n) is 8.91. The molecule has 1 rings (SSSR count). The molecule has 0 amide bonds. The highest BCUT2D eigenvalue weighted by atomic mass is 16.3. The molecule has 1 heterocycles. The molecule has 0 aliphatic carbocycles. The van der Waals surface area contributed by atoms with Gasteiger partial charge in [-0.25, -0.2) is 9.97 Å². The van der Waals surface area contributed by atoms with Crippen molar-refractivity contribution < 1.29 is 5.11 Å². The lowest BCUT2D eigenvalue weighted by atomic mass is 9.96. The molecule has 0 saturated carbocycles. The largest absolute Gasteiger partial charge is 0.395 e. The van der Waals surface area contributed by atoms with Crippen LogP contribution in [0.3, 0.4) is 0 Å². The monoisotopic (exact) mass is 195 g/mol. The molecular formula is C10H17N3O. The van der Waals surface area contributed by atoms with E-state index in [0.717, 1.165) is 11.6 Å². The van der Waals surface area contributed by atoms with E-state index in [9.17, 15) is 0 Å². The Morgan fingerprint density at radius 2 is 2.14 bits per heavy atom. The number of nitrogens with one attached hydrogen (secondary N) is 1. The van der Waals surface area contributed by atoms with Gasteiger partial charge in [0, 0.05) is 18.2 Å². The number of anilines is 1. The van der Waals surface area contributed by atoms with Crippen LogP contribution in [0.25, 0.3) is 0 Å². The summed E-state index contributed by atoms with van der Waals surface area (Å²) < 4.78 is 0. The molecule has 1 aromatic rings. The van der Waals surface area contributed by atoms with Gasteiger partial charge >= 0.3 is 0 Å². The van der Waals surface area contributed by atoms with E-state index >= 15 is 0 Å². The third kappa shape index (κ3) is 2.96. The van der Waals surface area contributed by atoms with E-state index in [1.54, 1.807) is 12.3 Å². The molecule has 0 saturated heterocycles. The average molecular weight is 195 g/mol. The first kappa shape index (κ1) is 10.9. The number of aromatic nitrogens is 2. The Kier molecular flexibility index (Phi) is 3.41. The minimum absolute atomic E-state index is 0.0447. The average Bonchev–Trinajstić information content (AvgIpc) is 2.14. The summed E-state index contributed by atoms with van der Waals surface area (Å²) in [6.45, 7) is 6.82. The molecular weight excluding hydrogens is 178 g/mol. The molecule has 1 aromatic heterocycles. The summed E-state index contributed by atoms with van der Waals surface area (Å²) in [6.07, 6.45) is 1.73. The molecule has 0 unspecified atom stereocenters. The lowest BCUT2D eigenvalue weighted by molar-refractivity contribution is 0.311. The number of aliphatic hydroxyl groups excluding tert-OH is 1. The van der Waals surface area contributed by atoms with E-state index in [4.69, 9.17) is 5.11 Å². The van der Waals surface area contributed by atoms with E-state index in [1.807, 2.05) is 0 Å². The van der Waals surface area contributed by atoms with Gasteiger partial charge in [0.15, 0.2) is 0 Å². The summed E-state index contributed by atoms with van der Waals surface area (Å²) >= 11 is 0. The molecule has 0 spiro atoms. The Hall–Kier alpha value is -1.16. The van der Waals surface area contributed by atoms with Crippen LogP contribution in [0.4, 0.5) is 5.82 Å². The van der Waals surface area contributed by atoms with Crippen LogP contribution >= 0.6 is 0 Å². The zero-order chi connectivity index (χ0) is 10.6. The highest BCUT2D eigenvalue weighted by Crippen LogP contribution is 2.18. The van der Waals surface area contributed by atoms with E-state index in [0.29, 0.717) is 6.54 Å². The number of nitrogens with zero attached hydrogens (tertiary/aromatic N) is 2. The number of hydrogen-bond donors (Lipinski definition) is 2. The molecule has 4 heteroatoms. The lowest BCUT2D eigenvalue weighted by Crippen LogP contribution is -2.17. The van der Waals surface area contributed by atoms with Gasteiger partial charge in [0.1, 0.15) is 11.6 Å². The van der Waals surface area contributed by atoms with Crippen LogP contribution in [0, 0.1) is 0 Å². The molecule has 4 nitrogen and oxygen atoms in total. The van der Waals surface area contributed by atoms with Crippen molar-refractivity contribution in [1.82, 2.24) is 9.97 Å². The van der Waals surface area contributed by atoms with Gasteiger partial charge in [-0.15, -0.1) is 0 Å². The zero-order valence-corrected chi connectivity index (χ0v) is 8.91. The Morgan fingerprint density at radius 1 is 1.43 bits per heavy atom. The van der Waals surface area contributed by atoms with Crippen molar-refractivity contribution in [3.63, 3.8) is 0 Å². The van der Waals surface area contributed by atoms with Crippen molar-refractivity contribution in [2.45, 2.75) is 26.2 Å². The Morgan fingerprint density at radius 3 is 2.71 bits per heavy atom. The van der Waals surface area contributed by atoms with E-state index < -0.39 is 0 Å². The molecule has 14 heavy (non-hydrogen) atoms. The predicted octanol–water partition coefficient (Wildman–Crippen LogP) is 1.18. The van der Waals surface area contributed by atoms with Crippen LogP contribution in [0.5, 0.6) is 0 Å². The minimum atomic E-state index is -0.0447.